The SMILES string of the molecule is CCCNC(CN1CCCC(C)C1C)C1CC1. The number of nitrogens with zero attached hydrogens (tertiary/aromatic N) is 1. The predicted octanol–water partition coefficient (Wildman–Crippen LogP) is 2.89. The second-order valence-electron chi connectivity index (χ2n) is 6.25. The third-order valence-electron chi connectivity index (χ3n) is 4.78. The minimum absolute atomic E-state index is 0.766. The molecule has 2 aliphatic rings. The normalized spacial score (nSPS) is 32.6. The lowest BCUT2D eigenvalue weighted by molar-refractivity contribution is 0.0984. The molecule has 0 spiro atoms. The third-order valence-corrected chi connectivity index (χ3v) is 4.78. The summed E-state index contributed by atoms with van der Waals surface area (Å²) in [5, 5.41) is 3.77. The average molecular weight is 238 g/mol. The summed E-state index contributed by atoms with van der Waals surface area (Å²) in [5.41, 5.74) is 0. The molecule has 0 aromatic carbocycles. The highest BCUT2D eigenvalue weighted by Gasteiger charge is 2.34. The second-order valence-corrected chi connectivity index (χ2v) is 6.25. The topological polar surface area (TPSA) is 15.3 Å². The van der Waals surface area contributed by atoms with Crippen molar-refractivity contribution in [1.29, 1.82) is 0 Å². The molecule has 2 nitrogen and oxygen atoms in total. The number of hydrogen-bond donors (Lipinski definition) is 1. The van der Waals surface area contributed by atoms with Crippen LogP contribution in [0.15, 0.2) is 0 Å². The molecule has 3 unspecified atom stereocenters. The van der Waals surface area contributed by atoms with Gasteiger partial charge in [0.25, 0.3) is 0 Å². The Kier molecular flexibility index (Phi) is 4.87. The van der Waals surface area contributed by atoms with E-state index < -0.39 is 0 Å². The van der Waals surface area contributed by atoms with E-state index in [2.05, 4.69) is 31.0 Å². The van der Waals surface area contributed by atoms with Crippen molar-refractivity contribution in [3.63, 3.8) is 0 Å². The lowest BCUT2D eigenvalue weighted by atomic mass is 9.91. The number of piperidine rings is 1. The van der Waals surface area contributed by atoms with Crippen LogP contribution in [0.3, 0.4) is 0 Å². The molecule has 1 aliphatic carbocycles. The monoisotopic (exact) mass is 238 g/mol. The lowest BCUT2D eigenvalue weighted by Crippen LogP contribution is -2.50. The van der Waals surface area contributed by atoms with Crippen LogP contribution >= 0.6 is 0 Å². The molecule has 1 saturated heterocycles. The van der Waals surface area contributed by atoms with Gasteiger partial charge in [-0.05, 0) is 64.0 Å². The van der Waals surface area contributed by atoms with Crippen molar-refractivity contribution in [3.05, 3.63) is 0 Å². The number of rotatable bonds is 6. The largest absolute Gasteiger partial charge is 0.312 e. The Hall–Kier alpha value is -0.0800. The van der Waals surface area contributed by atoms with Gasteiger partial charge in [-0.3, -0.25) is 4.90 Å². The van der Waals surface area contributed by atoms with Crippen LogP contribution < -0.4 is 5.32 Å². The molecular weight excluding hydrogens is 208 g/mol. The summed E-state index contributed by atoms with van der Waals surface area (Å²) >= 11 is 0. The smallest absolute Gasteiger partial charge is 0.0223 e. The van der Waals surface area contributed by atoms with E-state index in [-0.39, 0.29) is 0 Å². The molecule has 17 heavy (non-hydrogen) atoms. The maximum Gasteiger partial charge on any atom is 0.0223 e. The van der Waals surface area contributed by atoms with Crippen molar-refractivity contribution >= 4 is 0 Å². The van der Waals surface area contributed by atoms with Crippen molar-refractivity contribution in [2.75, 3.05) is 19.6 Å². The zero-order valence-corrected chi connectivity index (χ0v) is 11.9. The van der Waals surface area contributed by atoms with E-state index in [1.807, 2.05) is 0 Å². The van der Waals surface area contributed by atoms with Crippen LogP contribution in [-0.4, -0.2) is 36.6 Å². The minimum Gasteiger partial charge on any atom is -0.312 e. The fourth-order valence-corrected chi connectivity index (χ4v) is 3.14. The Morgan fingerprint density at radius 1 is 1.24 bits per heavy atom. The summed E-state index contributed by atoms with van der Waals surface area (Å²) in [5.74, 6) is 1.86. The van der Waals surface area contributed by atoms with Crippen LogP contribution in [0.2, 0.25) is 0 Å². The van der Waals surface area contributed by atoms with E-state index in [4.69, 9.17) is 0 Å². The van der Waals surface area contributed by atoms with Crippen LogP contribution in [0.25, 0.3) is 0 Å². The van der Waals surface area contributed by atoms with E-state index in [1.165, 1.54) is 51.7 Å². The van der Waals surface area contributed by atoms with Gasteiger partial charge in [0.1, 0.15) is 0 Å². The molecular formula is C15H30N2. The molecule has 100 valence electrons. The first kappa shape index (κ1) is 13.4. The fourth-order valence-electron chi connectivity index (χ4n) is 3.14. The van der Waals surface area contributed by atoms with Gasteiger partial charge in [0.15, 0.2) is 0 Å². The van der Waals surface area contributed by atoms with Crippen LogP contribution in [-0.2, 0) is 0 Å². The van der Waals surface area contributed by atoms with E-state index in [9.17, 15) is 0 Å². The highest BCUT2D eigenvalue weighted by molar-refractivity contribution is 4.90. The minimum atomic E-state index is 0.766. The number of hydrogen-bond acceptors (Lipinski definition) is 2. The van der Waals surface area contributed by atoms with Crippen molar-refractivity contribution in [2.24, 2.45) is 11.8 Å². The molecule has 1 N–H and O–H groups in total. The van der Waals surface area contributed by atoms with Crippen molar-refractivity contribution in [3.8, 4) is 0 Å². The molecule has 1 aliphatic heterocycles. The van der Waals surface area contributed by atoms with E-state index in [0.717, 1.165) is 23.9 Å². The summed E-state index contributed by atoms with van der Waals surface area (Å²) in [6.45, 7) is 10.9. The highest BCUT2D eigenvalue weighted by Crippen LogP contribution is 2.34. The maximum absolute atomic E-state index is 3.77. The van der Waals surface area contributed by atoms with Gasteiger partial charge in [0, 0.05) is 18.6 Å². The molecule has 1 saturated carbocycles. The molecule has 0 bridgehead atoms. The second kappa shape index (κ2) is 6.19. The fraction of sp³-hybridized carbons (Fsp3) is 1.00. The molecule has 0 amide bonds. The molecule has 3 atom stereocenters. The molecule has 0 aromatic rings. The number of nitrogens with one attached hydrogen (secondary N) is 1. The Bertz CT molecular complexity index is 225. The van der Waals surface area contributed by atoms with Gasteiger partial charge >= 0.3 is 0 Å². The molecule has 2 fully saturated rings. The first-order chi connectivity index (χ1) is 8.22. The standard InChI is InChI=1S/C15H30N2/c1-4-9-16-15(14-7-8-14)11-17-10-5-6-12(2)13(17)3/h12-16H,4-11H2,1-3H3. The van der Waals surface area contributed by atoms with Gasteiger partial charge in [0.2, 0.25) is 0 Å². The van der Waals surface area contributed by atoms with Crippen LogP contribution in [0, 0.1) is 11.8 Å². The lowest BCUT2D eigenvalue weighted by Gasteiger charge is -2.40. The summed E-state index contributed by atoms with van der Waals surface area (Å²) < 4.78 is 0. The van der Waals surface area contributed by atoms with Crippen LogP contribution in [0.5, 0.6) is 0 Å². The van der Waals surface area contributed by atoms with Crippen molar-refractivity contribution in [1.82, 2.24) is 10.2 Å². The molecule has 0 radical (unpaired) electrons. The summed E-state index contributed by atoms with van der Waals surface area (Å²) in [4.78, 5) is 2.74. The van der Waals surface area contributed by atoms with Gasteiger partial charge in [-0.15, -0.1) is 0 Å². The third kappa shape index (κ3) is 3.69. The summed E-state index contributed by atoms with van der Waals surface area (Å²) in [7, 11) is 0. The van der Waals surface area contributed by atoms with Gasteiger partial charge in [-0.2, -0.15) is 0 Å². The molecule has 2 heteroatoms. The Morgan fingerprint density at radius 2 is 2.00 bits per heavy atom. The Morgan fingerprint density at radius 3 is 2.65 bits per heavy atom. The quantitative estimate of drug-likeness (QED) is 0.765. The average Bonchev–Trinajstić information content (AvgIpc) is 3.14. The van der Waals surface area contributed by atoms with Gasteiger partial charge in [-0.1, -0.05) is 13.8 Å². The zero-order valence-electron chi connectivity index (χ0n) is 11.9. The van der Waals surface area contributed by atoms with Gasteiger partial charge < -0.3 is 5.32 Å². The molecule has 0 aromatic heterocycles. The maximum atomic E-state index is 3.77. The van der Waals surface area contributed by atoms with E-state index >= 15 is 0 Å². The van der Waals surface area contributed by atoms with Crippen molar-refractivity contribution in [2.45, 2.75) is 65.0 Å². The van der Waals surface area contributed by atoms with E-state index in [1.54, 1.807) is 0 Å². The predicted molar refractivity (Wildman–Crippen MR) is 74.2 cm³/mol. The molecule has 2 rings (SSSR count). The molecule has 1 heterocycles. The van der Waals surface area contributed by atoms with Gasteiger partial charge in [-0.25, -0.2) is 0 Å². The first-order valence-electron chi connectivity index (χ1n) is 7.69. The summed E-state index contributed by atoms with van der Waals surface area (Å²) in [6, 6.07) is 1.55. The van der Waals surface area contributed by atoms with Crippen LogP contribution in [0.4, 0.5) is 0 Å². The van der Waals surface area contributed by atoms with Gasteiger partial charge in [0.05, 0.1) is 0 Å². The first-order valence-corrected chi connectivity index (χ1v) is 7.69. The van der Waals surface area contributed by atoms with Crippen molar-refractivity contribution < 1.29 is 0 Å². The zero-order chi connectivity index (χ0) is 12.3. The summed E-state index contributed by atoms with van der Waals surface area (Å²) in [6.07, 6.45) is 7.00. The van der Waals surface area contributed by atoms with Crippen LogP contribution in [0.1, 0.15) is 52.9 Å². The Labute approximate surface area is 107 Å². The Balaban J connectivity index is 1.83. The van der Waals surface area contributed by atoms with E-state index in [0.29, 0.717) is 0 Å². The highest BCUT2D eigenvalue weighted by atomic mass is 15.2. The number of likely N-dealkylation sites (tertiary alicyclic amines) is 1.